The summed E-state index contributed by atoms with van der Waals surface area (Å²) in [5.41, 5.74) is 0. The summed E-state index contributed by atoms with van der Waals surface area (Å²) in [6, 6.07) is 7.06. The number of hydrogen-bond donors (Lipinski definition) is 0. The minimum Gasteiger partial charge on any atom is -0.483 e. The second kappa shape index (κ2) is 9.65. The number of benzene rings is 1. The number of ether oxygens (including phenoxy) is 1. The summed E-state index contributed by atoms with van der Waals surface area (Å²) in [5.74, 6) is 3.22. The summed E-state index contributed by atoms with van der Waals surface area (Å²) in [5, 5.41) is 9.64. The van der Waals surface area contributed by atoms with Crippen molar-refractivity contribution in [3.63, 3.8) is 0 Å². The first kappa shape index (κ1) is 22.7. The summed E-state index contributed by atoms with van der Waals surface area (Å²) < 4.78 is 22.0. The highest BCUT2D eigenvalue weighted by Gasteiger charge is 2.43. The number of fused-ring (bicyclic) bond motifs is 2. The normalized spacial score (nSPS) is 24.8. The van der Waals surface area contributed by atoms with Crippen LogP contribution in [0.2, 0.25) is 0 Å². The molecule has 0 saturated heterocycles. The van der Waals surface area contributed by atoms with Gasteiger partial charge in [-0.15, -0.1) is 10.2 Å². The van der Waals surface area contributed by atoms with Crippen LogP contribution < -0.4 is 4.74 Å². The Labute approximate surface area is 199 Å². The first-order valence-corrected chi connectivity index (χ1v) is 13.3. The maximum Gasteiger partial charge on any atom is 0.233 e. The molecule has 178 valence electrons. The van der Waals surface area contributed by atoms with Crippen LogP contribution in [0.25, 0.3) is 0 Å². The highest BCUT2D eigenvalue weighted by Crippen LogP contribution is 2.52. The Morgan fingerprint density at radius 2 is 2.06 bits per heavy atom. The van der Waals surface area contributed by atoms with E-state index in [1.807, 2.05) is 11.8 Å². The van der Waals surface area contributed by atoms with Gasteiger partial charge in [0.15, 0.2) is 22.5 Å². The van der Waals surface area contributed by atoms with Crippen molar-refractivity contribution >= 4 is 17.7 Å². The van der Waals surface area contributed by atoms with Crippen LogP contribution in [0.1, 0.15) is 64.2 Å². The summed E-state index contributed by atoms with van der Waals surface area (Å²) in [6.07, 6.45) is 7.44. The van der Waals surface area contributed by atoms with E-state index in [0.717, 1.165) is 36.4 Å². The molecule has 6 nitrogen and oxygen atoms in total. The molecule has 0 N–H and O–H groups in total. The van der Waals surface area contributed by atoms with Gasteiger partial charge in [-0.25, -0.2) is 4.39 Å². The summed E-state index contributed by atoms with van der Waals surface area (Å²) in [4.78, 5) is 14.8. The molecule has 1 aromatic heterocycles. The molecule has 2 aromatic rings. The molecule has 3 saturated carbocycles. The van der Waals surface area contributed by atoms with Crippen molar-refractivity contribution in [3.05, 3.63) is 35.9 Å². The quantitative estimate of drug-likeness (QED) is 0.451. The van der Waals surface area contributed by atoms with Gasteiger partial charge >= 0.3 is 0 Å². The molecule has 4 unspecified atom stereocenters. The van der Waals surface area contributed by atoms with Gasteiger partial charge in [-0.1, -0.05) is 30.3 Å². The first-order valence-electron chi connectivity index (χ1n) is 12.3. The van der Waals surface area contributed by atoms with Crippen molar-refractivity contribution in [2.24, 2.45) is 17.8 Å². The van der Waals surface area contributed by atoms with Crippen LogP contribution in [-0.2, 0) is 11.4 Å². The molecule has 0 spiro atoms. The standard InChI is InChI=1S/C25H33FN4O2S/c1-3-29(19-10-11-19)24(31)15-33-25-28-27-23(14-32-22-7-5-4-6-21(22)26)30(25)16(2)20-13-17-8-9-18(20)12-17/h4-7,16-20H,3,8-15H2,1-2H3. The van der Waals surface area contributed by atoms with Crippen molar-refractivity contribution < 1.29 is 13.9 Å². The third-order valence-corrected chi connectivity index (χ3v) is 8.65. The van der Waals surface area contributed by atoms with Crippen molar-refractivity contribution in [1.82, 2.24) is 19.7 Å². The van der Waals surface area contributed by atoms with E-state index in [9.17, 15) is 9.18 Å². The van der Waals surface area contributed by atoms with Gasteiger partial charge in [-0.05, 0) is 75.8 Å². The molecule has 33 heavy (non-hydrogen) atoms. The highest BCUT2D eigenvalue weighted by atomic mass is 32.2. The minimum absolute atomic E-state index is 0.150. The van der Waals surface area contributed by atoms with Crippen LogP contribution in [0.15, 0.2) is 29.4 Å². The van der Waals surface area contributed by atoms with Crippen molar-refractivity contribution in [2.75, 3.05) is 12.3 Å². The van der Waals surface area contributed by atoms with Gasteiger partial charge in [0.2, 0.25) is 5.91 Å². The van der Waals surface area contributed by atoms with Gasteiger partial charge < -0.3 is 9.64 Å². The fourth-order valence-electron chi connectivity index (χ4n) is 5.93. The molecule has 1 aromatic carbocycles. The van der Waals surface area contributed by atoms with Crippen LogP contribution in [0.4, 0.5) is 4.39 Å². The van der Waals surface area contributed by atoms with E-state index in [1.54, 1.807) is 18.2 Å². The largest absolute Gasteiger partial charge is 0.483 e. The number of rotatable bonds is 10. The van der Waals surface area contributed by atoms with Gasteiger partial charge in [-0.3, -0.25) is 9.36 Å². The molecule has 0 aliphatic heterocycles. The number of carbonyl (C=O) groups excluding carboxylic acids is 1. The molecular weight excluding hydrogens is 439 g/mol. The first-order chi connectivity index (χ1) is 16.0. The van der Waals surface area contributed by atoms with E-state index in [0.29, 0.717) is 23.5 Å². The predicted molar refractivity (Wildman–Crippen MR) is 126 cm³/mol. The lowest BCUT2D eigenvalue weighted by Crippen LogP contribution is -2.34. The van der Waals surface area contributed by atoms with E-state index >= 15 is 0 Å². The number of para-hydroxylation sites is 1. The molecule has 3 aliphatic rings. The number of nitrogens with zero attached hydrogens (tertiary/aromatic N) is 4. The number of amides is 1. The zero-order chi connectivity index (χ0) is 22.9. The fourth-order valence-corrected chi connectivity index (χ4v) is 6.85. The van der Waals surface area contributed by atoms with Gasteiger partial charge in [-0.2, -0.15) is 0 Å². The van der Waals surface area contributed by atoms with E-state index < -0.39 is 0 Å². The zero-order valence-electron chi connectivity index (χ0n) is 19.5. The summed E-state index contributed by atoms with van der Waals surface area (Å²) in [6.45, 7) is 5.19. The van der Waals surface area contributed by atoms with Crippen LogP contribution in [0.5, 0.6) is 5.75 Å². The molecule has 3 fully saturated rings. The van der Waals surface area contributed by atoms with Crippen molar-refractivity contribution in [1.29, 1.82) is 0 Å². The SMILES string of the molecule is CCN(C(=O)CSc1nnc(COc2ccccc2F)n1C(C)C1CC2CCC1C2)C1CC1. The average molecular weight is 473 g/mol. The maximum atomic E-state index is 14.1. The van der Waals surface area contributed by atoms with E-state index in [-0.39, 0.29) is 30.1 Å². The Kier molecular flexibility index (Phi) is 6.63. The minimum atomic E-state index is -0.385. The Bertz CT molecular complexity index is 995. The van der Waals surface area contributed by atoms with Gasteiger partial charge in [0.1, 0.15) is 6.61 Å². The maximum absolute atomic E-state index is 14.1. The van der Waals surface area contributed by atoms with Crippen molar-refractivity contribution in [2.45, 2.75) is 76.2 Å². The zero-order valence-corrected chi connectivity index (χ0v) is 20.3. The number of hydrogen-bond acceptors (Lipinski definition) is 5. The molecule has 3 aliphatic carbocycles. The molecule has 1 heterocycles. The molecule has 5 rings (SSSR count). The number of carbonyl (C=O) groups is 1. The summed E-state index contributed by atoms with van der Waals surface area (Å²) in [7, 11) is 0. The molecular formula is C25H33FN4O2S. The monoisotopic (exact) mass is 472 g/mol. The van der Waals surface area contributed by atoms with E-state index in [2.05, 4.69) is 21.7 Å². The number of halogens is 1. The smallest absolute Gasteiger partial charge is 0.233 e. The fraction of sp³-hybridized carbons (Fsp3) is 0.640. The third-order valence-electron chi connectivity index (χ3n) is 7.72. The topological polar surface area (TPSA) is 60.3 Å². The lowest BCUT2D eigenvalue weighted by molar-refractivity contribution is -0.128. The van der Waals surface area contributed by atoms with Crippen molar-refractivity contribution in [3.8, 4) is 5.75 Å². The van der Waals surface area contributed by atoms with Crippen LogP contribution in [0, 0.1) is 23.6 Å². The molecule has 1 amide bonds. The average Bonchev–Trinajstić information content (AvgIpc) is 3.23. The summed E-state index contributed by atoms with van der Waals surface area (Å²) >= 11 is 1.47. The van der Waals surface area contributed by atoms with Crippen LogP contribution >= 0.6 is 11.8 Å². The molecule has 4 atom stereocenters. The van der Waals surface area contributed by atoms with E-state index in [1.165, 1.54) is 43.5 Å². The van der Waals surface area contributed by atoms with E-state index in [4.69, 9.17) is 4.74 Å². The highest BCUT2D eigenvalue weighted by molar-refractivity contribution is 7.99. The third kappa shape index (κ3) is 4.77. The molecule has 2 bridgehead atoms. The second-order valence-electron chi connectivity index (χ2n) is 9.77. The van der Waals surface area contributed by atoms with Gasteiger partial charge in [0.05, 0.1) is 5.75 Å². The van der Waals surface area contributed by atoms with Crippen LogP contribution in [0.3, 0.4) is 0 Å². The Morgan fingerprint density at radius 1 is 1.24 bits per heavy atom. The Morgan fingerprint density at radius 3 is 2.73 bits per heavy atom. The second-order valence-corrected chi connectivity index (χ2v) is 10.7. The number of aromatic nitrogens is 3. The Hall–Kier alpha value is -2.09. The van der Waals surface area contributed by atoms with Gasteiger partial charge in [0.25, 0.3) is 0 Å². The lowest BCUT2D eigenvalue weighted by Gasteiger charge is -2.30. The lowest BCUT2D eigenvalue weighted by atomic mass is 9.84. The Balaban J connectivity index is 1.34. The molecule has 0 radical (unpaired) electrons. The van der Waals surface area contributed by atoms with Gasteiger partial charge in [0, 0.05) is 18.6 Å². The predicted octanol–water partition coefficient (Wildman–Crippen LogP) is 5.10. The number of thioether (sulfide) groups is 1. The van der Waals surface area contributed by atoms with Crippen LogP contribution in [-0.4, -0.2) is 43.9 Å². The molecule has 8 heteroatoms.